The van der Waals surface area contributed by atoms with Gasteiger partial charge in [-0.05, 0) is 31.9 Å². The summed E-state index contributed by atoms with van der Waals surface area (Å²) in [7, 11) is 0. The number of benzene rings is 2. The van der Waals surface area contributed by atoms with Crippen LogP contribution in [0.3, 0.4) is 0 Å². The first kappa shape index (κ1) is 20.3. The average Bonchev–Trinajstić information content (AvgIpc) is 3.55. The van der Waals surface area contributed by atoms with Gasteiger partial charge in [0.1, 0.15) is 0 Å². The highest BCUT2D eigenvalue weighted by Gasteiger charge is 2.28. The zero-order valence-electron chi connectivity index (χ0n) is 17.1. The van der Waals surface area contributed by atoms with E-state index in [2.05, 4.69) is 31.8 Å². The third-order valence-corrected chi connectivity index (χ3v) is 6.95. The normalized spacial score (nSPS) is 15.4. The van der Waals surface area contributed by atoms with Crippen LogP contribution >= 0.6 is 23.4 Å². The van der Waals surface area contributed by atoms with E-state index >= 15 is 0 Å². The second-order valence-corrected chi connectivity index (χ2v) is 9.39. The van der Waals surface area contributed by atoms with Crippen LogP contribution in [-0.4, -0.2) is 24.9 Å². The lowest BCUT2D eigenvalue weighted by atomic mass is 10.2. The topological polar surface area (TPSA) is 69.6 Å². The minimum atomic E-state index is -0.0617. The second-order valence-electron chi connectivity index (χ2n) is 7.68. The van der Waals surface area contributed by atoms with Gasteiger partial charge in [0.15, 0.2) is 11.0 Å². The molecule has 1 aliphatic rings. The lowest BCUT2D eigenvalue weighted by molar-refractivity contribution is 0.380. The van der Waals surface area contributed by atoms with Crippen molar-refractivity contribution in [3.8, 4) is 22.8 Å². The third kappa shape index (κ3) is 4.12. The van der Waals surface area contributed by atoms with Crippen LogP contribution in [0.25, 0.3) is 22.8 Å². The fourth-order valence-electron chi connectivity index (χ4n) is 3.99. The van der Waals surface area contributed by atoms with Gasteiger partial charge in [-0.25, -0.2) is 0 Å². The molecule has 1 aliphatic carbocycles. The molecular formula is C23H22ClN5OS. The minimum absolute atomic E-state index is 0.0617. The van der Waals surface area contributed by atoms with E-state index in [-0.39, 0.29) is 5.25 Å². The molecule has 2 aromatic carbocycles. The first-order valence-electron chi connectivity index (χ1n) is 10.5. The molecular weight excluding hydrogens is 430 g/mol. The molecule has 1 fully saturated rings. The summed E-state index contributed by atoms with van der Waals surface area (Å²) in [5.41, 5.74) is 1.84. The maximum Gasteiger partial charge on any atom is 0.240 e. The van der Waals surface area contributed by atoms with E-state index in [9.17, 15) is 0 Å². The molecule has 0 bridgehead atoms. The maximum atomic E-state index is 6.49. The van der Waals surface area contributed by atoms with Gasteiger partial charge in [0.2, 0.25) is 11.7 Å². The Hall–Kier alpha value is -2.64. The molecule has 2 heterocycles. The van der Waals surface area contributed by atoms with Crippen LogP contribution in [0.15, 0.2) is 64.3 Å². The standard InChI is InChI=1S/C23H22ClN5OS/c1-15(22-25-20(28-30-22)16-9-3-2-4-10-16)31-23-27-26-21(18-13-7-8-14-19(18)24)29(23)17-11-5-6-12-17/h2-4,7-10,13-15,17H,5-6,11-12H2,1H3. The average molecular weight is 452 g/mol. The number of thioether (sulfide) groups is 1. The Morgan fingerprint density at radius 3 is 2.55 bits per heavy atom. The van der Waals surface area contributed by atoms with Crippen molar-refractivity contribution in [3.63, 3.8) is 0 Å². The quantitative estimate of drug-likeness (QED) is 0.307. The molecule has 0 saturated heterocycles. The van der Waals surface area contributed by atoms with Crippen LogP contribution in [0.4, 0.5) is 0 Å². The number of halogens is 1. The molecule has 4 aromatic rings. The summed E-state index contributed by atoms with van der Waals surface area (Å²) in [5, 5.41) is 14.7. The molecule has 0 N–H and O–H groups in total. The van der Waals surface area contributed by atoms with Crippen molar-refractivity contribution >= 4 is 23.4 Å². The van der Waals surface area contributed by atoms with Gasteiger partial charge in [0.05, 0.1) is 10.3 Å². The molecule has 5 rings (SSSR count). The van der Waals surface area contributed by atoms with Crippen molar-refractivity contribution in [2.75, 3.05) is 0 Å². The summed E-state index contributed by atoms with van der Waals surface area (Å²) in [5.74, 6) is 1.99. The van der Waals surface area contributed by atoms with E-state index in [0.29, 0.717) is 22.8 Å². The van der Waals surface area contributed by atoms with Crippen molar-refractivity contribution in [1.82, 2.24) is 24.9 Å². The first-order chi connectivity index (χ1) is 15.2. The van der Waals surface area contributed by atoms with Crippen LogP contribution in [-0.2, 0) is 0 Å². The highest BCUT2D eigenvalue weighted by Crippen LogP contribution is 2.41. The summed E-state index contributed by atoms with van der Waals surface area (Å²) < 4.78 is 7.82. The molecule has 0 spiro atoms. The Bertz CT molecular complexity index is 1170. The minimum Gasteiger partial charge on any atom is -0.338 e. The molecule has 0 radical (unpaired) electrons. The number of hydrogen-bond donors (Lipinski definition) is 0. The van der Waals surface area contributed by atoms with Gasteiger partial charge in [0.25, 0.3) is 0 Å². The van der Waals surface area contributed by atoms with Crippen LogP contribution in [0.2, 0.25) is 5.02 Å². The molecule has 0 amide bonds. The Balaban J connectivity index is 1.45. The highest BCUT2D eigenvalue weighted by molar-refractivity contribution is 7.99. The zero-order chi connectivity index (χ0) is 21.2. The summed E-state index contributed by atoms with van der Waals surface area (Å²) in [6.45, 7) is 2.05. The van der Waals surface area contributed by atoms with Crippen LogP contribution < -0.4 is 0 Å². The van der Waals surface area contributed by atoms with Crippen molar-refractivity contribution in [2.24, 2.45) is 0 Å². The number of nitrogens with zero attached hydrogens (tertiary/aromatic N) is 5. The van der Waals surface area contributed by atoms with Gasteiger partial charge in [-0.15, -0.1) is 10.2 Å². The second kappa shape index (κ2) is 8.85. The molecule has 1 unspecified atom stereocenters. The lowest BCUT2D eigenvalue weighted by Crippen LogP contribution is -2.09. The van der Waals surface area contributed by atoms with Gasteiger partial charge in [-0.3, -0.25) is 4.57 Å². The molecule has 8 heteroatoms. The first-order valence-corrected chi connectivity index (χ1v) is 11.7. The van der Waals surface area contributed by atoms with Crippen LogP contribution in [0, 0.1) is 0 Å². The third-order valence-electron chi connectivity index (χ3n) is 5.57. The summed E-state index contributed by atoms with van der Waals surface area (Å²) in [6.07, 6.45) is 4.68. The molecule has 158 valence electrons. The summed E-state index contributed by atoms with van der Waals surface area (Å²) in [6, 6.07) is 18.0. The highest BCUT2D eigenvalue weighted by atomic mass is 35.5. The van der Waals surface area contributed by atoms with E-state index < -0.39 is 0 Å². The van der Waals surface area contributed by atoms with E-state index in [1.54, 1.807) is 11.8 Å². The number of hydrogen-bond acceptors (Lipinski definition) is 6. The number of rotatable bonds is 6. The van der Waals surface area contributed by atoms with Gasteiger partial charge >= 0.3 is 0 Å². The van der Waals surface area contributed by atoms with Crippen LogP contribution in [0.1, 0.15) is 49.8 Å². The van der Waals surface area contributed by atoms with Gasteiger partial charge < -0.3 is 4.52 Å². The van der Waals surface area contributed by atoms with Crippen molar-refractivity contribution in [2.45, 2.75) is 49.1 Å². The molecule has 0 aliphatic heterocycles. The lowest BCUT2D eigenvalue weighted by Gasteiger charge is -2.18. The van der Waals surface area contributed by atoms with E-state index in [1.165, 1.54) is 12.8 Å². The Morgan fingerprint density at radius 2 is 1.77 bits per heavy atom. The Morgan fingerprint density at radius 1 is 1.03 bits per heavy atom. The predicted molar refractivity (Wildman–Crippen MR) is 122 cm³/mol. The molecule has 1 atom stereocenters. The van der Waals surface area contributed by atoms with Gasteiger partial charge in [0, 0.05) is 17.2 Å². The molecule has 6 nitrogen and oxygen atoms in total. The Kier molecular flexibility index (Phi) is 5.78. The molecule has 1 saturated carbocycles. The van der Waals surface area contributed by atoms with E-state index in [1.807, 2.05) is 54.6 Å². The monoisotopic (exact) mass is 451 g/mol. The van der Waals surface area contributed by atoms with Crippen molar-refractivity contribution < 1.29 is 4.52 Å². The zero-order valence-corrected chi connectivity index (χ0v) is 18.7. The SMILES string of the molecule is CC(Sc1nnc(-c2ccccc2Cl)n1C1CCCC1)c1nc(-c2ccccc2)no1. The largest absolute Gasteiger partial charge is 0.338 e. The van der Waals surface area contributed by atoms with Gasteiger partial charge in [-0.2, -0.15) is 4.98 Å². The van der Waals surface area contributed by atoms with E-state index in [4.69, 9.17) is 16.1 Å². The van der Waals surface area contributed by atoms with Crippen molar-refractivity contribution in [3.05, 3.63) is 65.5 Å². The Labute approximate surface area is 190 Å². The van der Waals surface area contributed by atoms with E-state index in [0.717, 1.165) is 34.9 Å². The van der Waals surface area contributed by atoms with Gasteiger partial charge in [-0.1, -0.05) is 83.8 Å². The fourth-order valence-corrected chi connectivity index (χ4v) is 5.16. The van der Waals surface area contributed by atoms with Crippen LogP contribution in [0.5, 0.6) is 0 Å². The predicted octanol–water partition coefficient (Wildman–Crippen LogP) is 6.62. The number of aromatic nitrogens is 5. The summed E-state index contributed by atoms with van der Waals surface area (Å²) >= 11 is 8.08. The maximum absolute atomic E-state index is 6.49. The molecule has 31 heavy (non-hydrogen) atoms. The van der Waals surface area contributed by atoms with Crippen molar-refractivity contribution in [1.29, 1.82) is 0 Å². The molecule has 2 aromatic heterocycles. The smallest absolute Gasteiger partial charge is 0.240 e. The fraction of sp³-hybridized carbons (Fsp3) is 0.304. The summed E-state index contributed by atoms with van der Waals surface area (Å²) in [4.78, 5) is 4.61.